The Morgan fingerprint density at radius 1 is 1.07 bits per heavy atom. The third-order valence-electron chi connectivity index (χ3n) is 4.83. The molecule has 12 heteroatoms. The molecule has 1 aromatic heterocycles. The molecule has 2 amide bonds. The number of alkyl halides is 3. The van der Waals surface area contributed by atoms with Crippen molar-refractivity contribution in [3.63, 3.8) is 0 Å². The Balaban J connectivity index is 1.72. The van der Waals surface area contributed by atoms with Gasteiger partial charge in [-0.15, -0.1) is 0 Å². The van der Waals surface area contributed by atoms with E-state index >= 15 is 0 Å². The van der Waals surface area contributed by atoms with Gasteiger partial charge in [0.05, 0.1) is 5.56 Å². The fraction of sp³-hybridized carbons (Fsp3) is 0.333. The molecule has 0 atom stereocenters. The number of halogens is 3. The van der Waals surface area contributed by atoms with Crippen LogP contribution >= 0.6 is 0 Å². The average molecular weight is 444 g/mol. The molecule has 2 N–H and O–H groups in total. The Kier molecular flexibility index (Phi) is 5.65. The maximum absolute atomic E-state index is 12.9. The van der Waals surface area contributed by atoms with E-state index in [0.29, 0.717) is 0 Å². The highest BCUT2D eigenvalue weighted by molar-refractivity contribution is 7.89. The van der Waals surface area contributed by atoms with Gasteiger partial charge in [-0.25, -0.2) is 8.42 Å². The monoisotopic (exact) mass is 444 g/mol. The van der Waals surface area contributed by atoms with Crippen LogP contribution in [0.3, 0.4) is 0 Å². The minimum absolute atomic E-state index is 0.0177. The number of amides is 2. The number of nitrogens with two attached hydrogens (primary N) is 1. The van der Waals surface area contributed by atoms with Crippen LogP contribution in [0.2, 0.25) is 0 Å². The predicted octanol–water partition coefficient (Wildman–Crippen LogP) is 1.29. The molecule has 0 aliphatic carbocycles. The standard InChI is InChI=1S/C18H19F3N4O4S/c1-23-11-14(10-15(23)16(22)26)30(28,29)25-7-5-24(6-8-25)17(27)12-3-2-4-13(9-12)18(19,20)21/h2-4,9-11H,5-8H2,1H3,(H2,22,26). The summed E-state index contributed by atoms with van der Waals surface area (Å²) in [7, 11) is -2.43. The van der Waals surface area contributed by atoms with Crippen LogP contribution in [-0.4, -0.2) is 60.2 Å². The largest absolute Gasteiger partial charge is 0.416 e. The molecule has 1 aromatic carbocycles. The molecule has 0 saturated carbocycles. The number of aromatic nitrogens is 1. The summed E-state index contributed by atoms with van der Waals surface area (Å²) in [5.74, 6) is -1.37. The molecule has 8 nitrogen and oxygen atoms in total. The van der Waals surface area contributed by atoms with Gasteiger partial charge in [-0.1, -0.05) is 6.07 Å². The Hall–Kier alpha value is -2.86. The first-order valence-electron chi connectivity index (χ1n) is 8.84. The number of sulfonamides is 1. The highest BCUT2D eigenvalue weighted by Crippen LogP contribution is 2.30. The highest BCUT2D eigenvalue weighted by Gasteiger charge is 2.34. The van der Waals surface area contributed by atoms with Crippen molar-refractivity contribution >= 4 is 21.8 Å². The van der Waals surface area contributed by atoms with Gasteiger partial charge in [0.2, 0.25) is 10.0 Å². The molecule has 2 aromatic rings. The van der Waals surface area contributed by atoms with E-state index in [9.17, 15) is 31.2 Å². The smallest absolute Gasteiger partial charge is 0.364 e. The van der Waals surface area contributed by atoms with Gasteiger partial charge in [0, 0.05) is 45.0 Å². The number of hydrogen-bond acceptors (Lipinski definition) is 4. The third-order valence-corrected chi connectivity index (χ3v) is 6.70. The molecule has 3 rings (SSSR count). The van der Waals surface area contributed by atoms with Gasteiger partial charge in [-0.05, 0) is 24.3 Å². The Labute approximate surface area is 170 Å². The van der Waals surface area contributed by atoms with Gasteiger partial charge in [0.25, 0.3) is 11.8 Å². The van der Waals surface area contributed by atoms with Gasteiger partial charge in [0.15, 0.2) is 0 Å². The zero-order valence-corrected chi connectivity index (χ0v) is 16.7. The topological polar surface area (TPSA) is 106 Å². The molecule has 0 unspecified atom stereocenters. The van der Waals surface area contributed by atoms with E-state index in [-0.39, 0.29) is 42.3 Å². The second kappa shape index (κ2) is 7.76. The second-order valence-corrected chi connectivity index (χ2v) is 8.75. The molecule has 0 bridgehead atoms. The highest BCUT2D eigenvalue weighted by atomic mass is 32.2. The van der Waals surface area contributed by atoms with Crippen molar-refractivity contribution in [2.45, 2.75) is 11.1 Å². The number of carbonyl (C=O) groups is 2. The summed E-state index contributed by atoms with van der Waals surface area (Å²) >= 11 is 0. The van der Waals surface area contributed by atoms with E-state index in [1.807, 2.05) is 0 Å². The summed E-state index contributed by atoms with van der Waals surface area (Å²) in [6, 6.07) is 5.28. The summed E-state index contributed by atoms with van der Waals surface area (Å²) in [6.07, 6.45) is -3.29. The maximum Gasteiger partial charge on any atom is 0.416 e. The molecular formula is C18H19F3N4O4S. The number of hydrogen-bond donors (Lipinski definition) is 1. The van der Waals surface area contributed by atoms with E-state index in [2.05, 4.69) is 0 Å². The average Bonchev–Trinajstić information content (AvgIpc) is 3.10. The van der Waals surface area contributed by atoms with Crippen molar-refractivity contribution in [2.75, 3.05) is 26.2 Å². The van der Waals surface area contributed by atoms with E-state index in [4.69, 9.17) is 5.73 Å². The van der Waals surface area contributed by atoms with Crippen molar-refractivity contribution in [1.29, 1.82) is 0 Å². The van der Waals surface area contributed by atoms with Crippen LogP contribution in [0.4, 0.5) is 13.2 Å². The zero-order valence-electron chi connectivity index (χ0n) is 15.9. The number of carbonyl (C=O) groups excluding carboxylic acids is 2. The number of aryl methyl sites for hydroxylation is 1. The predicted molar refractivity (Wildman–Crippen MR) is 100 cm³/mol. The second-order valence-electron chi connectivity index (χ2n) is 6.81. The van der Waals surface area contributed by atoms with Gasteiger partial charge in [-0.3, -0.25) is 9.59 Å². The number of nitrogens with zero attached hydrogens (tertiary/aromatic N) is 3. The molecule has 1 aliphatic rings. The number of rotatable bonds is 4. The van der Waals surface area contributed by atoms with Crippen LogP contribution in [0.15, 0.2) is 41.4 Å². The lowest BCUT2D eigenvalue weighted by atomic mass is 10.1. The normalized spacial score (nSPS) is 15.9. The van der Waals surface area contributed by atoms with E-state index in [0.717, 1.165) is 22.5 Å². The van der Waals surface area contributed by atoms with Crippen LogP contribution in [-0.2, 0) is 23.2 Å². The van der Waals surface area contributed by atoms with Crippen LogP contribution in [0.25, 0.3) is 0 Å². The molecule has 0 spiro atoms. The summed E-state index contributed by atoms with van der Waals surface area (Å²) in [6.45, 7) is -0.0324. The van der Waals surface area contributed by atoms with Crippen molar-refractivity contribution in [1.82, 2.24) is 13.8 Å². The van der Waals surface area contributed by atoms with Crippen molar-refractivity contribution in [3.8, 4) is 0 Å². The van der Waals surface area contributed by atoms with E-state index in [1.54, 1.807) is 0 Å². The van der Waals surface area contributed by atoms with E-state index < -0.39 is 33.6 Å². The number of primary amides is 1. The van der Waals surface area contributed by atoms with Crippen molar-refractivity contribution in [3.05, 3.63) is 53.3 Å². The maximum atomic E-state index is 12.9. The summed E-state index contributed by atoms with van der Waals surface area (Å²) in [5.41, 5.74) is 4.20. The summed E-state index contributed by atoms with van der Waals surface area (Å²) in [5, 5.41) is 0. The van der Waals surface area contributed by atoms with Crippen LogP contribution in [0.1, 0.15) is 26.4 Å². The Morgan fingerprint density at radius 3 is 2.23 bits per heavy atom. The Morgan fingerprint density at radius 2 is 1.70 bits per heavy atom. The van der Waals surface area contributed by atoms with Gasteiger partial charge < -0.3 is 15.2 Å². The minimum Gasteiger partial charge on any atom is -0.364 e. The first kappa shape index (κ1) is 21.8. The lowest BCUT2D eigenvalue weighted by molar-refractivity contribution is -0.137. The molecule has 1 saturated heterocycles. The van der Waals surface area contributed by atoms with Crippen molar-refractivity contribution < 1.29 is 31.2 Å². The number of piperazine rings is 1. The van der Waals surface area contributed by atoms with Crippen LogP contribution in [0.5, 0.6) is 0 Å². The quantitative estimate of drug-likeness (QED) is 0.767. The SMILES string of the molecule is Cn1cc(S(=O)(=O)N2CCN(C(=O)c3cccc(C(F)(F)F)c3)CC2)cc1C(N)=O. The minimum atomic E-state index is -4.57. The van der Waals surface area contributed by atoms with Crippen LogP contribution in [0, 0.1) is 0 Å². The van der Waals surface area contributed by atoms with Crippen molar-refractivity contribution in [2.24, 2.45) is 12.8 Å². The van der Waals surface area contributed by atoms with Gasteiger partial charge in [-0.2, -0.15) is 17.5 Å². The van der Waals surface area contributed by atoms with Gasteiger partial charge in [0.1, 0.15) is 10.6 Å². The zero-order chi connectivity index (χ0) is 22.3. The molecule has 1 fully saturated rings. The molecule has 1 aliphatic heterocycles. The third kappa shape index (κ3) is 4.19. The molecule has 2 heterocycles. The molecular weight excluding hydrogens is 425 g/mol. The van der Waals surface area contributed by atoms with Gasteiger partial charge >= 0.3 is 6.18 Å². The first-order valence-corrected chi connectivity index (χ1v) is 10.3. The lowest BCUT2D eigenvalue weighted by Crippen LogP contribution is -2.50. The number of benzene rings is 1. The Bertz CT molecular complexity index is 1090. The fourth-order valence-corrected chi connectivity index (χ4v) is 4.71. The molecule has 30 heavy (non-hydrogen) atoms. The summed E-state index contributed by atoms with van der Waals surface area (Å²) in [4.78, 5) is 25.1. The lowest BCUT2D eigenvalue weighted by Gasteiger charge is -2.34. The summed E-state index contributed by atoms with van der Waals surface area (Å²) < 4.78 is 66.7. The fourth-order valence-electron chi connectivity index (χ4n) is 3.21. The molecule has 162 valence electrons. The first-order chi connectivity index (χ1) is 13.9. The van der Waals surface area contributed by atoms with Crippen LogP contribution < -0.4 is 5.73 Å². The van der Waals surface area contributed by atoms with E-state index in [1.165, 1.54) is 34.8 Å². The molecule has 0 radical (unpaired) electrons.